The fourth-order valence-electron chi connectivity index (χ4n) is 2.39. The van der Waals surface area contributed by atoms with Gasteiger partial charge in [-0.1, -0.05) is 66.7 Å². The molecule has 3 heteroatoms. The van der Waals surface area contributed by atoms with E-state index in [0.717, 1.165) is 16.8 Å². The van der Waals surface area contributed by atoms with Crippen LogP contribution in [-0.2, 0) is 9.53 Å². The first-order valence-corrected chi connectivity index (χ1v) is 8.43. The molecule has 0 spiro atoms. The van der Waals surface area contributed by atoms with Gasteiger partial charge in [0, 0.05) is 11.1 Å². The minimum absolute atomic E-state index is 0.336. The number of aliphatic imine (C=N–C) groups is 1. The van der Waals surface area contributed by atoms with Crippen molar-refractivity contribution in [1.82, 2.24) is 0 Å². The second kappa shape index (κ2) is 8.43. The van der Waals surface area contributed by atoms with Crippen molar-refractivity contribution >= 4 is 11.7 Å². The summed E-state index contributed by atoms with van der Waals surface area (Å²) in [7, 11) is 0. The number of hydrogen-bond acceptors (Lipinski definition) is 3. The van der Waals surface area contributed by atoms with Crippen LogP contribution >= 0.6 is 0 Å². The molecule has 0 aliphatic rings. The number of esters is 1. The Hall–Kier alpha value is -2.68. The highest BCUT2D eigenvalue weighted by atomic mass is 16.6. The molecule has 0 aliphatic heterocycles. The van der Waals surface area contributed by atoms with Crippen LogP contribution in [0.3, 0.4) is 0 Å². The summed E-state index contributed by atoms with van der Waals surface area (Å²) in [6.45, 7) is 9.32. The predicted molar refractivity (Wildman–Crippen MR) is 103 cm³/mol. The second-order valence-electron chi connectivity index (χ2n) is 6.78. The van der Waals surface area contributed by atoms with Crippen molar-refractivity contribution in [2.45, 2.75) is 38.8 Å². The van der Waals surface area contributed by atoms with Gasteiger partial charge in [-0.25, -0.2) is 4.79 Å². The molecule has 0 radical (unpaired) electrons. The van der Waals surface area contributed by atoms with E-state index >= 15 is 0 Å². The fourth-order valence-corrected chi connectivity index (χ4v) is 2.39. The summed E-state index contributed by atoms with van der Waals surface area (Å²) in [5.41, 5.74) is 2.16. The SMILES string of the molecule is C=CC[C@@H](N=C(c1ccccc1)c1ccccc1)C(=O)OC(C)(C)C. The Kier molecular flexibility index (Phi) is 6.29. The van der Waals surface area contributed by atoms with E-state index in [1.165, 1.54) is 0 Å². The van der Waals surface area contributed by atoms with E-state index in [4.69, 9.17) is 9.73 Å². The van der Waals surface area contributed by atoms with Crippen molar-refractivity contribution < 1.29 is 9.53 Å². The Bertz CT molecular complexity index is 686. The Labute approximate surface area is 150 Å². The highest BCUT2D eigenvalue weighted by molar-refractivity contribution is 6.13. The number of carbonyl (C=O) groups excluding carboxylic acids is 1. The van der Waals surface area contributed by atoms with Crippen LogP contribution in [0.5, 0.6) is 0 Å². The zero-order valence-electron chi connectivity index (χ0n) is 15.1. The largest absolute Gasteiger partial charge is 0.458 e. The van der Waals surface area contributed by atoms with Crippen LogP contribution in [0.4, 0.5) is 0 Å². The maximum absolute atomic E-state index is 12.6. The van der Waals surface area contributed by atoms with Crippen LogP contribution in [0.2, 0.25) is 0 Å². The van der Waals surface area contributed by atoms with Gasteiger partial charge < -0.3 is 4.74 Å². The lowest BCUT2D eigenvalue weighted by molar-refractivity contribution is -0.156. The van der Waals surface area contributed by atoms with Crippen molar-refractivity contribution in [2.75, 3.05) is 0 Å². The van der Waals surface area contributed by atoms with Gasteiger partial charge in [-0.3, -0.25) is 4.99 Å². The number of carbonyl (C=O) groups is 1. The van der Waals surface area contributed by atoms with Gasteiger partial charge in [-0.05, 0) is 27.2 Å². The topological polar surface area (TPSA) is 38.7 Å². The van der Waals surface area contributed by atoms with E-state index in [1.54, 1.807) is 6.08 Å². The molecular weight excluding hydrogens is 310 g/mol. The lowest BCUT2D eigenvalue weighted by Crippen LogP contribution is -2.31. The second-order valence-corrected chi connectivity index (χ2v) is 6.78. The third kappa shape index (κ3) is 5.71. The molecule has 2 aromatic rings. The van der Waals surface area contributed by atoms with E-state index in [2.05, 4.69) is 6.58 Å². The van der Waals surface area contributed by atoms with Crippen LogP contribution in [0, 0.1) is 0 Å². The number of rotatable bonds is 6. The molecule has 0 unspecified atom stereocenters. The van der Waals surface area contributed by atoms with Gasteiger partial charge in [0.1, 0.15) is 5.60 Å². The van der Waals surface area contributed by atoms with Gasteiger partial charge in [0.05, 0.1) is 5.71 Å². The summed E-state index contributed by atoms with van der Waals surface area (Å²) < 4.78 is 5.53. The molecular formula is C22H25NO2. The Morgan fingerprint density at radius 2 is 1.52 bits per heavy atom. The zero-order chi connectivity index (χ0) is 18.3. The molecule has 0 heterocycles. The maximum atomic E-state index is 12.6. The summed E-state index contributed by atoms with van der Waals surface area (Å²) in [6, 6.07) is 19.1. The average molecular weight is 335 g/mol. The first kappa shape index (κ1) is 18.7. The number of benzene rings is 2. The zero-order valence-corrected chi connectivity index (χ0v) is 15.1. The third-order valence-corrected chi connectivity index (χ3v) is 3.45. The number of ether oxygens (including phenoxy) is 1. The highest BCUT2D eigenvalue weighted by Gasteiger charge is 2.24. The van der Waals surface area contributed by atoms with E-state index in [9.17, 15) is 4.79 Å². The van der Waals surface area contributed by atoms with Crippen molar-refractivity contribution in [1.29, 1.82) is 0 Å². The van der Waals surface area contributed by atoms with Gasteiger partial charge in [0.15, 0.2) is 6.04 Å². The Morgan fingerprint density at radius 1 is 1.04 bits per heavy atom. The average Bonchev–Trinajstić information content (AvgIpc) is 2.58. The molecule has 2 aromatic carbocycles. The number of nitrogens with zero attached hydrogens (tertiary/aromatic N) is 1. The molecule has 0 aromatic heterocycles. The molecule has 25 heavy (non-hydrogen) atoms. The molecule has 0 saturated carbocycles. The first-order valence-electron chi connectivity index (χ1n) is 8.43. The van der Waals surface area contributed by atoms with E-state index < -0.39 is 11.6 Å². The summed E-state index contributed by atoms with van der Waals surface area (Å²) >= 11 is 0. The van der Waals surface area contributed by atoms with Crippen molar-refractivity contribution in [3.63, 3.8) is 0 Å². The molecule has 0 saturated heterocycles. The lowest BCUT2D eigenvalue weighted by atomic mass is 10.0. The van der Waals surface area contributed by atoms with E-state index in [-0.39, 0.29) is 5.97 Å². The predicted octanol–water partition coefficient (Wildman–Crippen LogP) is 4.81. The standard InChI is InChI=1S/C22H25NO2/c1-5-12-19(21(24)25-22(2,3)4)23-20(17-13-8-6-9-14-17)18-15-10-7-11-16-18/h5-11,13-16,19H,1,12H2,2-4H3/t19-/m1/s1. The van der Waals surface area contributed by atoms with Gasteiger partial charge in [-0.2, -0.15) is 0 Å². The molecule has 0 aliphatic carbocycles. The highest BCUT2D eigenvalue weighted by Crippen LogP contribution is 2.16. The van der Waals surface area contributed by atoms with E-state index in [1.807, 2.05) is 81.4 Å². The summed E-state index contributed by atoms with van der Waals surface area (Å²) in [4.78, 5) is 17.3. The monoisotopic (exact) mass is 335 g/mol. The Morgan fingerprint density at radius 3 is 1.92 bits per heavy atom. The van der Waals surface area contributed by atoms with Gasteiger partial charge in [0.25, 0.3) is 0 Å². The van der Waals surface area contributed by atoms with Gasteiger partial charge in [-0.15, -0.1) is 6.58 Å². The quantitative estimate of drug-likeness (QED) is 0.432. The smallest absolute Gasteiger partial charge is 0.331 e. The molecule has 0 bridgehead atoms. The molecule has 0 fully saturated rings. The minimum atomic E-state index is -0.618. The van der Waals surface area contributed by atoms with Crippen LogP contribution < -0.4 is 0 Å². The van der Waals surface area contributed by atoms with Crippen LogP contribution in [0.25, 0.3) is 0 Å². The summed E-state index contributed by atoms with van der Waals surface area (Å²) in [5, 5.41) is 0. The van der Waals surface area contributed by atoms with Gasteiger partial charge in [0.2, 0.25) is 0 Å². The minimum Gasteiger partial charge on any atom is -0.458 e. The van der Waals surface area contributed by atoms with Crippen molar-refractivity contribution in [2.24, 2.45) is 4.99 Å². The van der Waals surface area contributed by atoms with Crippen LogP contribution in [-0.4, -0.2) is 23.3 Å². The van der Waals surface area contributed by atoms with Crippen molar-refractivity contribution in [3.05, 3.63) is 84.4 Å². The lowest BCUT2D eigenvalue weighted by Gasteiger charge is -2.22. The molecule has 3 nitrogen and oxygen atoms in total. The summed E-state index contributed by atoms with van der Waals surface area (Å²) in [6.07, 6.45) is 2.13. The number of hydrogen-bond donors (Lipinski definition) is 0. The van der Waals surface area contributed by atoms with Gasteiger partial charge >= 0.3 is 5.97 Å². The maximum Gasteiger partial charge on any atom is 0.331 e. The first-order chi connectivity index (χ1) is 11.9. The normalized spacial score (nSPS) is 12.1. The van der Waals surface area contributed by atoms with Crippen LogP contribution in [0.1, 0.15) is 38.3 Å². The fraction of sp³-hybridized carbons (Fsp3) is 0.273. The molecule has 1 atom stereocenters. The third-order valence-electron chi connectivity index (χ3n) is 3.45. The molecule has 0 N–H and O–H groups in total. The molecule has 2 rings (SSSR count). The molecule has 130 valence electrons. The molecule has 0 amide bonds. The Balaban J connectivity index is 2.46. The van der Waals surface area contributed by atoms with Crippen molar-refractivity contribution in [3.8, 4) is 0 Å². The van der Waals surface area contributed by atoms with E-state index in [0.29, 0.717) is 6.42 Å². The summed E-state index contributed by atoms with van der Waals surface area (Å²) in [5.74, 6) is -0.336. The van der Waals surface area contributed by atoms with Crippen LogP contribution in [0.15, 0.2) is 78.3 Å².